The second kappa shape index (κ2) is 6.33. The first-order valence-corrected chi connectivity index (χ1v) is 7.40. The second-order valence-electron chi connectivity index (χ2n) is 3.95. The van der Waals surface area contributed by atoms with Crippen molar-refractivity contribution in [1.82, 2.24) is 9.97 Å². The van der Waals surface area contributed by atoms with E-state index in [0.29, 0.717) is 0 Å². The molecule has 0 aromatic carbocycles. The Hall–Kier alpha value is -0.650. The highest BCUT2D eigenvalue weighted by Crippen LogP contribution is 2.30. The zero-order valence-electron chi connectivity index (χ0n) is 9.58. The third-order valence-electron chi connectivity index (χ3n) is 2.58. The second-order valence-corrected chi connectivity index (χ2v) is 6.41. The molecule has 0 saturated carbocycles. The minimum atomic E-state index is 0.784. The highest BCUT2D eigenvalue weighted by molar-refractivity contribution is 9.11. The molecule has 2 aromatic rings. The lowest BCUT2D eigenvalue weighted by Crippen LogP contribution is -1.98. The Bertz CT molecular complexity index is 464. The lowest BCUT2D eigenvalue weighted by Gasteiger charge is -1.96. The topological polar surface area (TPSA) is 54.7 Å². The molecule has 17 heavy (non-hydrogen) atoms. The van der Waals surface area contributed by atoms with Crippen molar-refractivity contribution in [2.24, 2.45) is 5.73 Å². The number of hydrogen-bond acceptors (Lipinski definition) is 3. The third-order valence-corrected chi connectivity index (χ3v) is 4.24. The number of nitrogens with zero attached hydrogens (tertiary/aromatic N) is 1. The summed E-state index contributed by atoms with van der Waals surface area (Å²) in [6.45, 7) is 0.784. The monoisotopic (exact) mass is 313 g/mol. The standard InChI is InChI=1S/C12H16BrN3S/c13-11-6-5-10(17-11)9-8-15-12(16-9)4-2-1-3-7-14/h5-6,8H,1-4,7,14H2,(H,15,16). The molecule has 0 atom stereocenters. The molecular weight excluding hydrogens is 298 g/mol. The number of H-pyrrole nitrogens is 1. The summed E-state index contributed by atoms with van der Waals surface area (Å²) in [5.41, 5.74) is 6.57. The van der Waals surface area contributed by atoms with Gasteiger partial charge < -0.3 is 10.7 Å². The first-order valence-electron chi connectivity index (χ1n) is 5.79. The van der Waals surface area contributed by atoms with Crippen LogP contribution in [0.5, 0.6) is 0 Å². The smallest absolute Gasteiger partial charge is 0.106 e. The van der Waals surface area contributed by atoms with Gasteiger partial charge in [0, 0.05) is 6.42 Å². The van der Waals surface area contributed by atoms with Crippen LogP contribution in [0.4, 0.5) is 0 Å². The van der Waals surface area contributed by atoms with Crippen molar-refractivity contribution in [3.8, 4) is 10.6 Å². The highest BCUT2D eigenvalue weighted by atomic mass is 79.9. The fourth-order valence-corrected chi connectivity index (χ4v) is 3.04. The number of nitrogens with two attached hydrogens (primary N) is 1. The van der Waals surface area contributed by atoms with E-state index in [0.717, 1.165) is 41.1 Å². The van der Waals surface area contributed by atoms with Crippen LogP contribution in [-0.2, 0) is 6.42 Å². The number of rotatable bonds is 6. The molecule has 0 fully saturated rings. The summed E-state index contributed by atoms with van der Waals surface area (Å²) in [5.74, 6) is 1.07. The van der Waals surface area contributed by atoms with Crippen LogP contribution in [0.15, 0.2) is 22.1 Å². The SMILES string of the molecule is NCCCCCc1ncc(-c2ccc(Br)s2)[nH]1. The number of aromatic nitrogens is 2. The Labute approximate surface area is 114 Å². The number of unbranched alkanes of at least 4 members (excludes halogenated alkanes) is 2. The van der Waals surface area contributed by atoms with Crippen molar-refractivity contribution in [2.75, 3.05) is 6.54 Å². The molecule has 3 N–H and O–H groups in total. The molecule has 0 radical (unpaired) electrons. The Morgan fingerprint density at radius 2 is 2.18 bits per heavy atom. The Kier molecular flexibility index (Phi) is 4.76. The van der Waals surface area contributed by atoms with Crippen molar-refractivity contribution < 1.29 is 0 Å². The maximum atomic E-state index is 5.46. The molecule has 0 spiro atoms. The van der Waals surface area contributed by atoms with E-state index in [9.17, 15) is 0 Å². The molecule has 92 valence electrons. The molecule has 0 amide bonds. The van der Waals surface area contributed by atoms with Crippen LogP contribution in [0.25, 0.3) is 10.6 Å². The van der Waals surface area contributed by atoms with Gasteiger partial charge in [0.2, 0.25) is 0 Å². The van der Waals surface area contributed by atoms with Gasteiger partial charge in [-0.3, -0.25) is 0 Å². The third kappa shape index (κ3) is 3.66. The highest BCUT2D eigenvalue weighted by Gasteiger charge is 2.05. The summed E-state index contributed by atoms with van der Waals surface area (Å²) in [7, 11) is 0. The van der Waals surface area contributed by atoms with Crippen LogP contribution in [0, 0.1) is 0 Å². The molecule has 2 aromatic heterocycles. The van der Waals surface area contributed by atoms with Crippen LogP contribution in [-0.4, -0.2) is 16.5 Å². The summed E-state index contributed by atoms with van der Waals surface area (Å²) in [6.07, 6.45) is 6.35. The van der Waals surface area contributed by atoms with E-state index >= 15 is 0 Å². The number of hydrogen-bond donors (Lipinski definition) is 2. The number of halogens is 1. The molecule has 3 nitrogen and oxygen atoms in total. The van der Waals surface area contributed by atoms with E-state index in [2.05, 4.69) is 38.0 Å². The van der Waals surface area contributed by atoms with Gasteiger partial charge in [0.1, 0.15) is 5.82 Å². The largest absolute Gasteiger partial charge is 0.341 e. The van der Waals surface area contributed by atoms with Gasteiger partial charge in [-0.25, -0.2) is 4.98 Å². The van der Waals surface area contributed by atoms with Gasteiger partial charge in [0.15, 0.2) is 0 Å². The normalized spacial score (nSPS) is 10.9. The Morgan fingerprint density at radius 3 is 2.88 bits per heavy atom. The van der Waals surface area contributed by atoms with E-state index in [1.807, 2.05) is 6.20 Å². The Morgan fingerprint density at radius 1 is 1.29 bits per heavy atom. The van der Waals surface area contributed by atoms with Crippen molar-refractivity contribution in [3.63, 3.8) is 0 Å². The van der Waals surface area contributed by atoms with Crippen LogP contribution in [0.1, 0.15) is 25.1 Å². The summed E-state index contributed by atoms with van der Waals surface area (Å²) in [4.78, 5) is 8.99. The van der Waals surface area contributed by atoms with Crippen LogP contribution in [0.2, 0.25) is 0 Å². The molecule has 0 unspecified atom stereocenters. The van der Waals surface area contributed by atoms with Gasteiger partial charge in [-0.1, -0.05) is 6.42 Å². The zero-order chi connectivity index (χ0) is 12.1. The van der Waals surface area contributed by atoms with Crippen LogP contribution >= 0.6 is 27.3 Å². The predicted molar refractivity (Wildman–Crippen MR) is 76.2 cm³/mol. The van der Waals surface area contributed by atoms with E-state index in [1.54, 1.807) is 11.3 Å². The number of thiophene rings is 1. The van der Waals surface area contributed by atoms with Gasteiger partial charge in [-0.15, -0.1) is 11.3 Å². The average Bonchev–Trinajstić information content (AvgIpc) is 2.93. The minimum absolute atomic E-state index is 0.784. The fraction of sp³-hybridized carbons (Fsp3) is 0.417. The fourth-order valence-electron chi connectivity index (χ4n) is 1.69. The molecule has 0 bridgehead atoms. The minimum Gasteiger partial charge on any atom is -0.341 e. The van der Waals surface area contributed by atoms with Gasteiger partial charge in [0.05, 0.1) is 20.6 Å². The lowest BCUT2D eigenvalue weighted by atomic mass is 10.2. The number of aryl methyl sites for hydroxylation is 1. The molecule has 0 aliphatic rings. The van der Waals surface area contributed by atoms with Crippen molar-refractivity contribution in [3.05, 3.63) is 27.9 Å². The molecular formula is C12H16BrN3S. The van der Waals surface area contributed by atoms with Crippen molar-refractivity contribution in [2.45, 2.75) is 25.7 Å². The predicted octanol–water partition coefficient (Wildman–Crippen LogP) is 3.57. The lowest BCUT2D eigenvalue weighted by molar-refractivity contribution is 0.673. The molecule has 5 heteroatoms. The van der Waals surface area contributed by atoms with Gasteiger partial charge in [-0.2, -0.15) is 0 Å². The molecule has 0 saturated heterocycles. The quantitative estimate of drug-likeness (QED) is 0.801. The summed E-state index contributed by atoms with van der Waals surface area (Å²) < 4.78 is 1.14. The summed E-state index contributed by atoms with van der Waals surface area (Å²) in [5, 5.41) is 0. The molecule has 0 aliphatic heterocycles. The summed E-state index contributed by atoms with van der Waals surface area (Å²) >= 11 is 5.18. The van der Waals surface area contributed by atoms with Crippen LogP contribution < -0.4 is 5.73 Å². The average molecular weight is 314 g/mol. The van der Waals surface area contributed by atoms with Crippen LogP contribution in [0.3, 0.4) is 0 Å². The maximum Gasteiger partial charge on any atom is 0.106 e. The first kappa shape index (κ1) is 12.8. The van der Waals surface area contributed by atoms with E-state index in [1.165, 1.54) is 11.3 Å². The van der Waals surface area contributed by atoms with E-state index in [4.69, 9.17) is 5.73 Å². The van der Waals surface area contributed by atoms with Crippen molar-refractivity contribution in [1.29, 1.82) is 0 Å². The number of nitrogens with one attached hydrogen (secondary N) is 1. The van der Waals surface area contributed by atoms with Crippen molar-refractivity contribution >= 4 is 27.3 Å². The molecule has 2 heterocycles. The molecule has 2 rings (SSSR count). The maximum absolute atomic E-state index is 5.46. The Balaban J connectivity index is 1.92. The van der Waals surface area contributed by atoms with Gasteiger partial charge >= 0.3 is 0 Å². The van der Waals surface area contributed by atoms with E-state index < -0.39 is 0 Å². The number of imidazole rings is 1. The summed E-state index contributed by atoms with van der Waals surface area (Å²) in [6, 6.07) is 4.15. The van der Waals surface area contributed by atoms with Gasteiger partial charge in [-0.05, 0) is 47.4 Å². The zero-order valence-corrected chi connectivity index (χ0v) is 12.0. The number of aromatic amines is 1. The van der Waals surface area contributed by atoms with E-state index in [-0.39, 0.29) is 0 Å². The first-order chi connectivity index (χ1) is 8.29. The molecule has 0 aliphatic carbocycles. The van der Waals surface area contributed by atoms with Gasteiger partial charge in [0.25, 0.3) is 0 Å².